The molecule has 0 bridgehead atoms. The van der Waals surface area contributed by atoms with Gasteiger partial charge in [-0.05, 0) is 37.8 Å². The highest BCUT2D eigenvalue weighted by Gasteiger charge is 1.94. The lowest BCUT2D eigenvalue weighted by atomic mass is 10.0. The average Bonchev–Trinajstić information content (AvgIpc) is 1.99. The SMILES string of the molecule is [CH2]c1cc(C)cc(CCCC)c1. The number of aryl methyl sites for hydroxylation is 2. The fraction of sp³-hybridized carbons (Fsp3) is 0.417. The lowest BCUT2D eigenvalue weighted by Gasteiger charge is -2.03. The predicted octanol–water partition coefficient (Wildman–Crippen LogP) is 3.52. The molecule has 0 aliphatic heterocycles. The van der Waals surface area contributed by atoms with Crippen molar-refractivity contribution in [1.82, 2.24) is 0 Å². The minimum atomic E-state index is 1.14. The number of hydrogen-bond donors (Lipinski definition) is 0. The summed E-state index contributed by atoms with van der Waals surface area (Å²) in [5.41, 5.74) is 3.90. The highest BCUT2D eigenvalue weighted by molar-refractivity contribution is 5.30. The van der Waals surface area contributed by atoms with Crippen LogP contribution in [0.1, 0.15) is 36.5 Å². The van der Waals surface area contributed by atoms with E-state index in [-0.39, 0.29) is 0 Å². The molecule has 0 aliphatic carbocycles. The summed E-state index contributed by atoms with van der Waals surface area (Å²) < 4.78 is 0. The van der Waals surface area contributed by atoms with Crippen LogP contribution in [0.15, 0.2) is 18.2 Å². The van der Waals surface area contributed by atoms with Crippen LogP contribution in [0, 0.1) is 13.8 Å². The van der Waals surface area contributed by atoms with Gasteiger partial charge in [-0.1, -0.05) is 37.1 Å². The molecular weight excluding hydrogens is 144 g/mol. The fourth-order valence-corrected chi connectivity index (χ4v) is 1.47. The van der Waals surface area contributed by atoms with Crippen LogP contribution in [0.25, 0.3) is 0 Å². The molecule has 0 aromatic heterocycles. The zero-order chi connectivity index (χ0) is 8.97. The molecule has 12 heavy (non-hydrogen) atoms. The third-order valence-corrected chi connectivity index (χ3v) is 2.02. The van der Waals surface area contributed by atoms with Crippen LogP contribution in [0.2, 0.25) is 0 Å². The van der Waals surface area contributed by atoms with Gasteiger partial charge >= 0.3 is 0 Å². The lowest BCUT2D eigenvalue weighted by Crippen LogP contribution is -1.87. The zero-order valence-corrected chi connectivity index (χ0v) is 8.06. The largest absolute Gasteiger partial charge is 0.0654 e. The first kappa shape index (κ1) is 9.31. The van der Waals surface area contributed by atoms with Gasteiger partial charge < -0.3 is 0 Å². The molecule has 0 saturated carbocycles. The molecule has 0 saturated heterocycles. The molecule has 1 aromatic carbocycles. The van der Waals surface area contributed by atoms with Crippen molar-refractivity contribution in [2.45, 2.75) is 33.1 Å². The molecule has 0 nitrogen and oxygen atoms in total. The van der Waals surface area contributed by atoms with E-state index < -0.39 is 0 Å². The Morgan fingerprint density at radius 3 is 2.58 bits per heavy atom. The summed E-state index contributed by atoms with van der Waals surface area (Å²) in [7, 11) is 0. The Kier molecular flexibility index (Phi) is 3.33. The van der Waals surface area contributed by atoms with Gasteiger partial charge in [-0.3, -0.25) is 0 Å². The van der Waals surface area contributed by atoms with Crippen LogP contribution >= 0.6 is 0 Å². The molecule has 0 aliphatic rings. The quantitative estimate of drug-likeness (QED) is 0.636. The van der Waals surface area contributed by atoms with Gasteiger partial charge in [-0.2, -0.15) is 0 Å². The first-order valence-electron chi connectivity index (χ1n) is 4.65. The summed E-state index contributed by atoms with van der Waals surface area (Å²) in [5.74, 6) is 0. The molecule has 0 fully saturated rings. The second-order valence-corrected chi connectivity index (χ2v) is 3.43. The predicted molar refractivity (Wildman–Crippen MR) is 54.3 cm³/mol. The maximum Gasteiger partial charge on any atom is -0.0238 e. The summed E-state index contributed by atoms with van der Waals surface area (Å²) in [6, 6.07) is 6.56. The van der Waals surface area contributed by atoms with Crippen molar-refractivity contribution in [2.75, 3.05) is 0 Å². The van der Waals surface area contributed by atoms with Crippen LogP contribution < -0.4 is 0 Å². The maximum absolute atomic E-state index is 3.95. The molecule has 0 amide bonds. The Morgan fingerprint density at radius 1 is 1.25 bits per heavy atom. The van der Waals surface area contributed by atoms with E-state index in [0.29, 0.717) is 0 Å². The van der Waals surface area contributed by atoms with E-state index in [1.807, 2.05) is 0 Å². The fourth-order valence-electron chi connectivity index (χ4n) is 1.47. The average molecular weight is 161 g/mol. The molecule has 0 atom stereocenters. The molecule has 0 unspecified atom stereocenters. The Labute approximate surface area is 75.6 Å². The van der Waals surface area contributed by atoms with Gasteiger partial charge in [0.25, 0.3) is 0 Å². The van der Waals surface area contributed by atoms with Crippen LogP contribution in [-0.2, 0) is 6.42 Å². The number of unbranched alkanes of at least 4 members (excludes halogenated alkanes) is 1. The first-order valence-corrected chi connectivity index (χ1v) is 4.65. The highest BCUT2D eigenvalue weighted by atomic mass is 14.0. The Balaban J connectivity index is 2.72. The zero-order valence-electron chi connectivity index (χ0n) is 8.06. The number of benzene rings is 1. The summed E-state index contributed by atoms with van der Waals surface area (Å²) in [6.45, 7) is 8.30. The van der Waals surface area contributed by atoms with E-state index >= 15 is 0 Å². The van der Waals surface area contributed by atoms with Crippen molar-refractivity contribution < 1.29 is 0 Å². The molecule has 0 N–H and O–H groups in total. The van der Waals surface area contributed by atoms with E-state index in [4.69, 9.17) is 0 Å². The second-order valence-electron chi connectivity index (χ2n) is 3.43. The van der Waals surface area contributed by atoms with Gasteiger partial charge in [0.2, 0.25) is 0 Å². The summed E-state index contributed by atoms with van der Waals surface area (Å²) in [5, 5.41) is 0. The molecule has 0 spiro atoms. The van der Waals surface area contributed by atoms with E-state index in [1.54, 1.807) is 0 Å². The van der Waals surface area contributed by atoms with Crippen LogP contribution in [0.5, 0.6) is 0 Å². The summed E-state index contributed by atoms with van der Waals surface area (Å²) in [4.78, 5) is 0. The molecule has 65 valence electrons. The molecule has 0 heteroatoms. The van der Waals surface area contributed by atoms with Crippen molar-refractivity contribution in [1.29, 1.82) is 0 Å². The van der Waals surface area contributed by atoms with Gasteiger partial charge in [-0.15, -0.1) is 0 Å². The van der Waals surface area contributed by atoms with Gasteiger partial charge in [0.1, 0.15) is 0 Å². The minimum Gasteiger partial charge on any atom is -0.0654 e. The molecular formula is C12H17. The van der Waals surface area contributed by atoms with Crippen molar-refractivity contribution in [3.8, 4) is 0 Å². The second kappa shape index (κ2) is 4.30. The van der Waals surface area contributed by atoms with Crippen molar-refractivity contribution >= 4 is 0 Å². The van der Waals surface area contributed by atoms with Crippen molar-refractivity contribution in [3.63, 3.8) is 0 Å². The van der Waals surface area contributed by atoms with Gasteiger partial charge in [0, 0.05) is 0 Å². The van der Waals surface area contributed by atoms with Crippen molar-refractivity contribution in [2.24, 2.45) is 0 Å². The van der Waals surface area contributed by atoms with E-state index in [1.165, 1.54) is 30.4 Å². The maximum atomic E-state index is 3.95. The summed E-state index contributed by atoms with van der Waals surface area (Å²) >= 11 is 0. The van der Waals surface area contributed by atoms with Crippen LogP contribution in [-0.4, -0.2) is 0 Å². The van der Waals surface area contributed by atoms with E-state index in [9.17, 15) is 0 Å². The first-order chi connectivity index (χ1) is 5.72. The highest BCUT2D eigenvalue weighted by Crippen LogP contribution is 2.11. The van der Waals surface area contributed by atoms with Crippen LogP contribution in [0.4, 0.5) is 0 Å². The Morgan fingerprint density at radius 2 is 2.00 bits per heavy atom. The Hall–Kier alpha value is -0.780. The topological polar surface area (TPSA) is 0 Å². The smallest absolute Gasteiger partial charge is 0.0238 e. The summed E-state index contributed by atoms with van der Waals surface area (Å²) in [6.07, 6.45) is 3.74. The normalized spacial score (nSPS) is 10.2. The van der Waals surface area contributed by atoms with Crippen LogP contribution in [0.3, 0.4) is 0 Å². The molecule has 1 rings (SSSR count). The molecule has 1 aromatic rings. The minimum absolute atomic E-state index is 1.14. The molecule has 0 heterocycles. The van der Waals surface area contributed by atoms with Gasteiger partial charge in [0.15, 0.2) is 0 Å². The van der Waals surface area contributed by atoms with Gasteiger partial charge in [0.05, 0.1) is 0 Å². The van der Waals surface area contributed by atoms with E-state index in [2.05, 4.69) is 39.0 Å². The standard InChI is InChI=1S/C12H17/c1-4-5-6-12-8-10(2)7-11(3)9-12/h7-9H,2,4-6H2,1,3H3. The van der Waals surface area contributed by atoms with Gasteiger partial charge in [-0.25, -0.2) is 0 Å². The molecule has 1 radical (unpaired) electrons. The van der Waals surface area contributed by atoms with E-state index in [0.717, 1.165) is 5.56 Å². The number of hydrogen-bond acceptors (Lipinski definition) is 0. The van der Waals surface area contributed by atoms with Crippen molar-refractivity contribution in [3.05, 3.63) is 41.8 Å². The third-order valence-electron chi connectivity index (χ3n) is 2.02. The Bertz CT molecular complexity index is 228. The number of rotatable bonds is 3. The third kappa shape index (κ3) is 2.69. The monoisotopic (exact) mass is 161 g/mol. The lowest BCUT2D eigenvalue weighted by molar-refractivity contribution is 0.794.